The van der Waals surface area contributed by atoms with Crippen LogP contribution in [0.4, 0.5) is 0 Å². The van der Waals surface area contributed by atoms with Gasteiger partial charge >= 0.3 is 0 Å². The number of nitrogens with zero attached hydrogens (tertiary/aromatic N) is 4. The molecule has 0 unspecified atom stereocenters. The minimum atomic E-state index is -0.181. The molecule has 0 aliphatic carbocycles. The Morgan fingerprint density at radius 2 is 1.96 bits per heavy atom. The van der Waals surface area contributed by atoms with Crippen LogP contribution >= 0.6 is 0 Å². The number of ether oxygens (including phenoxy) is 1. The predicted octanol–water partition coefficient (Wildman–Crippen LogP) is 2.52. The van der Waals surface area contributed by atoms with E-state index in [1.165, 1.54) is 11.0 Å². The van der Waals surface area contributed by atoms with E-state index >= 15 is 0 Å². The van der Waals surface area contributed by atoms with Crippen molar-refractivity contribution in [2.75, 3.05) is 0 Å². The number of hydrogen-bond donors (Lipinski definition) is 1. The van der Waals surface area contributed by atoms with Crippen LogP contribution in [0, 0.1) is 0 Å². The highest BCUT2D eigenvalue weighted by Crippen LogP contribution is 2.13. The molecule has 1 amide bonds. The number of tetrazole rings is 1. The Hall–Kier alpha value is -3.06. The molecule has 0 saturated heterocycles. The second kappa shape index (κ2) is 8.35. The van der Waals surface area contributed by atoms with Crippen LogP contribution in [0.15, 0.2) is 54.9 Å². The average molecular weight is 351 g/mol. The second-order valence-corrected chi connectivity index (χ2v) is 6.13. The number of carbonyl (C=O) groups excluding carboxylic acids is 1. The largest absolute Gasteiger partial charge is 0.374 e. The average Bonchev–Trinajstić information content (AvgIpc) is 3.19. The summed E-state index contributed by atoms with van der Waals surface area (Å²) in [7, 11) is 0. The molecular weight excluding hydrogens is 330 g/mol. The molecule has 0 spiro atoms. The Balaban J connectivity index is 1.68. The van der Waals surface area contributed by atoms with Crippen molar-refractivity contribution in [3.05, 3.63) is 71.5 Å². The molecule has 3 aromatic rings. The van der Waals surface area contributed by atoms with Gasteiger partial charge in [-0.1, -0.05) is 36.4 Å². The predicted molar refractivity (Wildman–Crippen MR) is 96.7 cm³/mol. The first-order valence-corrected chi connectivity index (χ1v) is 8.43. The summed E-state index contributed by atoms with van der Waals surface area (Å²) in [4.78, 5) is 12.6. The molecule has 0 radical (unpaired) electrons. The van der Waals surface area contributed by atoms with E-state index in [9.17, 15) is 4.79 Å². The van der Waals surface area contributed by atoms with Crippen molar-refractivity contribution in [1.29, 1.82) is 0 Å². The molecule has 3 rings (SSSR count). The third-order valence-corrected chi connectivity index (χ3v) is 3.77. The van der Waals surface area contributed by atoms with Gasteiger partial charge in [-0.25, -0.2) is 0 Å². The van der Waals surface area contributed by atoms with Crippen molar-refractivity contribution >= 4 is 5.91 Å². The van der Waals surface area contributed by atoms with Gasteiger partial charge in [-0.05, 0) is 47.5 Å². The summed E-state index contributed by atoms with van der Waals surface area (Å²) in [6.07, 6.45) is 1.64. The van der Waals surface area contributed by atoms with E-state index in [-0.39, 0.29) is 12.0 Å². The molecule has 0 atom stereocenters. The number of benzene rings is 2. The maximum atomic E-state index is 12.6. The zero-order valence-corrected chi connectivity index (χ0v) is 14.8. The van der Waals surface area contributed by atoms with Gasteiger partial charge in [0.15, 0.2) is 0 Å². The number of hydrogen-bond acceptors (Lipinski definition) is 5. The summed E-state index contributed by atoms with van der Waals surface area (Å²) < 4.78 is 7.10. The molecule has 0 aliphatic rings. The van der Waals surface area contributed by atoms with Crippen LogP contribution in [0.1, 0.15) is 35.3 Å². The monoisotopic (exact) mass is 351 g/mol. The fourth-order valence-electron chi connectivity index (χ4n) is 2.51. The Kier molecular flexibility index (Phi) is 5.70. The van der Waals surface area contributed by atoms with Crippen LogP contribution in [-0.2, 0) is 17.9 Å². The standard InChI is InChI=1S/C19H21N5O2/c1-14(2)26-12-16-7-5-6-15(10-16)11-20-19(25)17-8-3-4-9-18(17)24-13-21-22-23-24/h3-10,13-14H,11-12H2,1-2H3,(H,20,25). The first kappa shape index (κ1) is 17.8. The van der Waals surface area contributed by atoms with Crippen molar-refractivity contribution < 1.29 is 9.53 Å². The zero-order chi connectivity index (χ0) is 18.4. The SMILES string of the molecule is CC(C)OCc1cccc(CNC(=O)c2ccccc2-n2cnnn2)c1. The quantitative estimate of drug-likeness (QED) is 0.707. The zero-order valence-electron chi connectivity index (χ0n) is 14.8. The van der Waals surface area contributed by atoms with Crippen molar-refractivity contribution in [3.63, 3.8) is 0 Å². The van der Waals surface area contributed by atoms with Gasteiger partial charge in [-0.2, -0.15) is 4.68 Å². The fourth-order valence-corrected chi connectivity index (χ4v) is 2.51. The lowest BCUT2D eigenvalue weighted by Crippen LogP contribution is -2.24. The number of nitrogens with one attached hydrogen (secondary N) is 1. The lowest BCUT2D eigenvalue weighted by molar-refractivity contribution is 0.0657. The molecule has 1 N–H and O–H groups in total. The molecule has 1 heterocycles. The van der Waals surface area contributed by atoms with Gasteiger partial charge in [0, 0.05) is 6.54 Å². The number of aromatic nitrogens is 4. The lowest BCUT2D eigenvalue weighted by Gasteiger charge is -2.11. The number of amides is 1. The van der Waals surface area contributed by atoms with E-state index in [1.54, 1.807) is 12.1 Å². The third-order valence-electron chi connectivity index (χ3n) is 3.77. The molecular formula is C19H21N5O2. The molecule has 0 fully saturated rings. The highest BCUT2D eigenvalue weighted by atomic mass is 16.5. The lowest BCUT2D eigenvalue weighted by atomic mass is 10.1. The second-order valence-electron chi connectivity index (χ2n) is 6.13. The fraction of sp³-hybridized carbons (Fsp3) is 0.263. The molecule has 1 aromatic heterocycles. The maximum absolute atomic E-state index is 12.6. The Morgan fingerprint density at radius 1 is 1.15 bits per heavy atom. The molecule has 26 heavy (non-hydrogen) atoms. The van der Waals surface area contributed by atoms with Crippen LogP contribution < -0.4 is 5.32 Å². The maximum Gasteiger partial charge on any atom is 0.253 e. The van der Waals surface area contributed by atoms with Crippen LogP contribution in [0.25, 0.3) is 5.69 Å². The molecule has 2 aromatic carbocycles. The van der Waals surface area contributed by atoms with Crippen LogP contribution in [0.2, 0.25) is 0 Å². The van der Waals surface area contributed by atoms with Crippen LogP contribution in [0.5, 0.6) is 0 Å². The van der Waals surface area contributed by atoms with Gasteiger partial charge in [0.1, 0.15) is 6.33 Å². The number of carbonyl (C=O) groups is 1. The van der Waals surface area contributed by atoms with Gasteiger partial charge in [-0.15, -0.1) is 5.10 Å². The van der Waals surface area contributed by atoms with Gasteiger partial charge in [0.2, 0.25) is 0 Å². The number of rotatable bonds is 7. The Morgan fingerprint density at radius 3 is 2.73 bits per heavy atom. The van der Waals surface area contributed by atoms with Gasteiger partial charge in [0.25, 0.3) is 5.91 Å². The van der Waals surface area contributed by atoms with Crippen molar-refractivity contribution in [2.45, 2.75) is 33.1 Å². The molecule has 0 saturated carbocycles. The molecule has 0 aliphatic heterocycles. The molecule has 134 valence electrons. The van der Waals surface area contributed by atoms with E-state index in [4.69, 9.17) is 4.74 Å². The third kappa shape index (κ3) is 4.52. The van der Waals surface area contributed by atoms with Crippen molar-refractivity contribution in [3.8, 4) is 5.69 Å². The number of para-hydroxylation sites is 1. The first-order valence-electron chi connectivity index (χ1n) is 8.43. The van der Waals surface area contributed by atoms with E-state index in [0.717, 1.165) is 11.1 Å². The minimum absolute atomic E-state index is 0.181. The van der Waals surface area contributed by atoms with E-state index < -0.39 is 0 Å². The summed E-state index contributed by atoms with van der Waals surface area (Å²) in [5, 5.41) is 14.0. The van der Waals surface area contributed by atoms with E-state index in [0.29, 0.717) is 24.4 Å². The Labute approximate surface area is 152 Å². The van der Waals surface area contributed by atoms with E-state index in [1.807, 2.05) is 50.2 Å². The highest BCUT2D eigenvalue weighted by Gasteiger charge is 2.13. The summed E-state index contributed by atoms with van der Waals surface area (Å²) in [6, 6.07) is 15.2. The van der Waals surface area contributed by atoms with Crippen LogP contribution in [0.3, 0.4) is 0 Å². The summed E-state index contributed by atoms with van der Waals surface area (Å²) in [6.45, 7) is 5.00. The Bertz CT molecular complexity index is 862. The highest BCUT2D eigenvalue weighted by molar-refractivity contribution is 5.97. The minimum Gasteiger partial charge on any atom is -0.374 e. The summed E-state index contributed by atoms with van der Waals surface area (Å²) >= 11 is 0. The summed E-state index contributed by atoms with van der Waals surface area (Å²) in [5.41, 5.74) is 3.25. The topological polar surface area (TPSA) is 81.9 Å². The van der Waals surface area contributed by atoms with Gasteiger partial charge < -0.3 is 10.1 Å². The first-order chi connectivity index (χ1) is 12.6. The van der Waals surface area contributed by atoms with Gasteiger partial charge in [-0.3, -0.25) is 4.79 Å². The van der Waals surface area contributed by atoms with Crippen molar-refractivity contribution in [1.82, 2.24) is 25.5 Å². The van der Waals surface area contributed by atoms with E-state index in [2.05, 4.69) is 20.8 Å². The van der Waals surface area contributed by atoms with Crippen LogP contribution in [-0.4, -0.2) is 32.2 Å². The molecule has 0 bridgehead atoms. The smallest absolute Gasteiger partial charge is 0.253 e. The summed E-state index contributed by atoms with van der Waals surface area (Å²) in [5.74, 6) is -0.181. The molecule has 7 nitrogen and oxygen atoms in total. The molecule has 7 heteroatoms. The van der Waals surface area contributed by atoms with Crippen molar-refractivity contribution in [2.24, 2.45) is 0 Å². The van der Waals surface area contributed by atoms with Gasteiger partial charge in [0.05, 0.1) is 24.0 Å². The normalized spacial score (nSPS) is 10.9.